The van der Waals surface area contributed by atoms with E-state index in [1.54, 1.807) is 25.1 Å². The molecule has 5 nitrogen and oxygen atoms in total. The maximum atomic E-state index is 11.9. The van der Waals surface area contributed by atoms with E-state index in [2.05, 4.69) is 0 Å². The smallest absolute Gasteiger partial charge is 0.243 e. The minimum Gasteiger partial charge on any atom is -0.549 e. The first-order valence-electron chi connectivity index (χ1n) is 5.23. The van der Waals surface area contributed by atoms with E-state index in [0.29, 0.717) is 12.2 Å². The summed E-state index contributed by atoms with van der Waals surface area (Å²) in [7, 11) is 0. The Labute approximate surface area is 97.7 Å². The molecule has 1 aromatic carbocycles. The molecule has 1 amide bonds. The molecule has 0 saturated carbocycles. The van der Waals surface area contributed by atoms with E-state index in [9.17, 15) is 19.5 Å². The minimum atomic E-state index is -1.72. The number of carboxylic acids is 1. The zero-order valence-corrected chi connectivity index (χ0v) is 9.17. The van der Waals surface area contributed by atoms with Gasteiger partial charge in [-0.3, -0.25) is 9.59 Å². The molecule has 1 aromatic rings. The number of fused-ring (bicyclic) bond motifs is 1. The van der Waals surface area contributed by atoms with Gasteiger partial charge >= 0.3 is 0 Å². The Hall–Kier alpha value is -2.17. The van der Waals surface area contributed by atoms with Crippen molar-refractivity contribution in [1.82, 2.24) is 0 Å². The molecule has 0 radical (unpaired) electrons. The fourth-order valence-electron chi connectivity index (χ4n) is 1.99. The number of carbonyl (C=O) groups is 3. The molecule has 88 valence electrons. The van der Waals surface area contributed by atoms with Gasteiger partial charge in [0.1, 0.15) is 5.92 Å². The number of amides is 1. The lowest BCUT2D eigenvalue weighted by Gasteiger charge is -2.32. The molecule has 17 heavy (non-hydrogen) atoms. The lowest BCUT2D eigenvalue weighted by Crippen LogP contribution is -2.51. The van der Waals surface area contributed by atoms with Gasteiger partial charge in [0.25, 0.3) is 0 Å². The second-order valence-corrected chi connectivity index (χ2v) is 3.72. The number of benzene rings is 1. The summed E-state index contributed by atoms with van der Waals surface area (Å²) in [6.07, 6.45) is 0. The lowest BCUT2D eigenvalue weighted by molar-refractivity contribution is -0.307. The molecule has 5 heteroatoms. The number of carbonyl (C=O) groups excluding carboxylic acids is 3. The van der Waals surface area contributed by atoms with Crippen molar-refractivity contribution in [3.8, 4) is 0 Å². The topological polar surface area (TPSA) is 77.5 Å². The van der Waals surface area contributed by atoms with Crippen LogP contribution in [0, 0.1) is 5.92 Å². The highest BCUT2D eigenvalue weighted by Crippen LogP contribution is 2.29. The number of carboxylic acid groups (broad SMARTS) is 1. The zero-order chi connectivity index (χ0) is 12.6. The van der Waals surface area contributed by atoms with Crippen LogP contribution in [0.3, 0.4) is 0 Å². The summed E-state index contributed by atoms with van der Waals surface area (Å²) in [4.78, 5) is 35.9. The van der Waals surface area contributed by atoms with E-state index in [1.165, 1.54) is 11.0 Å². The van der Waals surface area contributed by atoms with Gasteiger partial charge in [-0.15, -0.1) is 0 Å². The molecule has 0 fully saturated rings. The molecule has 0 N–H and O–H groups in total. The average Bonchev–Trinajstić information content (AvgIpc) is 2.29. The predicted molar refractivity (Wildman–Crippen MR) is 57.3 cm³/mol. The SMILES string of the molecule is CCN1C(=O)[C@H](C(=O)[O-])C(=O)c2ccccc21. The number of ketones is 1. The summed E-state index contributed by atoms with van der Waals surface area (Å²) in [5.74, 6) is -4.79. The Bertz CT molecular complexity index is 509. The molecule has 1 atom stereocenters. The fraction of sp³-hybridized carbons (Fsp3) is 0.250. The fourth-order valence-corrected chi connectivity index (χ4v) is 1.99. The van der Waals surface area contributed by atoms with E-state index in [1.807, 2.05) is 0 Å². The number of anilines is 1. The van der Waals surface area contributed by atoms with Crippen molar-refractivity contribution < 1.29 is 19.5 Å². The van der Waals surface area contributed by atoms with E-state index in [-0.39, 0.29) is 5.56 Å². The molecule has 0 saturated heterocycles. The Morgan fingerprint density at radius 2 is 2.00 bits per heavy atom. The van der Waals surface area contributed by atoms with Gasteiger partial charge in [-0.05, 0) is 19.1 Å². The summed E-state index contributed by atoms with van der Waals surface area (Å²) < 4.78 is 0. The van der Waals surface area contributed by atoms with Crippen molar-refractivity contribution in [2.45, 2.75) is 6.92 Å². The number of Topliss-reactive ketones (excluding diaryl/α,β-unsaturated/α-hetero) is 1. The largest absolute Gasteiger partial charge is 0.549 e. The molecule has 1 aliphatic heterocycles. The van der Waals surface area contributed by atoms with Gasteiger partial charge in [0.05, 0.1) is 11.7 Å². The molecule has 0 spiro atoms. The summed E-state index contributed by atoms with van der Waals surface area (Å²) in [5.41, 5.74) is 0.714. The zero-order valence-electron chi connectivity index (χ0n) is 9.17. The van der Waals surface area contributed by atoms with Crippen LogP contribution in [0.5, 0.6) is 0 Å². The summed E-state index contributed by atoms with van der Waals surface area (Å²) in [5, 5.41) is 10.9. The highest BCUT2D eigenvalue weighted by atomic mass is 16.4. The third-order valence-corrected chi connectivity index (χ3v) is 2.79. The van der Waals surface area contributed by atoms with Crippen LogP contribution in [0.2, 0.25) is 0 Å². The van der Waals surface area contributed by atoms with Crippen LogP contribution in [0.1, 0.15) is 17.3 Å². The minimum absolute atomic E-state index is 0.253. The molecule has 1 heterocycles. The van der Waals surface area contributed by atoms with Crippen molar-refractivity contribution in [1.29, 1.82) is 0 Å². The summed E-state index contributed by atoms with van der Waals surface area (Å²) >= 11 is 0. The van der Waals surface area contributed by atoms with Crippen molar-refractivity contribution >= 4 is 23.3 Å². The van der Waals surface area contributed by atoms with E-state index < -0.39 is 23.6 Å². The highest BCUT2D eigenvalue weighted by Gasteiger charge is 2.39. The van der Waals surface area contributed by atoms with Gasteiger partial charge < -0.3 is 14.8 Å². The number of nitrogens with zero attached hydrogens (tertiary/aromatic N) is 1. The number of hydrogen-bond acceptors (Lipinski definition) is 4. The highest BCUT2D eigenvalue weighted by molar-refractivity contribution is 6.29. The van der Waals surface area contributed by atoms with Crippen LogP contribution >= 0.6 is 0 Å². The normalized spacial score (nSPS) is 19.1. The Morgan fingerprint density at radius 1 is 1.35 bits per heavy atom. The Morgan fingerprint density at radius 3 is 2.59 bits per heavy atom. The molecule has 0 aliphatic carbocycles. The van der Waals surface area contributed by atoms with Gasteiger partial charge in [0.2, 0.25) is 5.91 Å². The maximum absolute atomic E-state index is 11.9. The van der Waals surface area contributed by atoms with Crippen molar-refractivity contribution in [3.05, 3.63) is 29.8 Å². The van der Waals surface area contributed by atoms with E-state index in [0.717, 1.165) is 0 Å². The second-order valence-electron chi connectivity index (χ2n) is 3.72. The number of rotatable bonds is 2. The molecular weight excluding hydrogens is 222 g/mol. The Kier molecular flexibility index (Phi) is 2.67. The molecule has 0 bridgehead atoms. The van der Waals surface area contributed by atoms with Crippen LogP contribution in [-0.2, 0) is 9.59 Å². The first-order chi connectivity index (χ1) is 8.07. The monoisotopic (exact) mass is 232 g/mol. The second kappa shape index (κ2) is 4.01. The van der Waals surface area contributed by atoms with E-state index >= 15 is 0 Å². The number of aliphatic carboxylic acids is 1. The summed E-state index contributed by atoms with van der Waals surface area (Å²) in [6.45, 7) is 2.03. The summed E-state index contributed by atoms with van der Waals surface area (Å²) in [6, 6.07) is 6.47. The first kappa shape index (κ1) is 11.3. The van der Waals surface area contributed by atoms with Gasteiger partial charge in [-0.25, -0.2) is 0 Å². The number of para-hydroxylation sites is 1. The first-order valence-corrected chi connectivity index (χ1v) is 5.23. The van der Waals surface area contributed by atoms with Crippen LogP contribution in [-0.4, -0.2) is 24.2 Å². The van der Waals surface area contributed by atoms with Gasteiger partial charge in [0, 0.05) is 12.1 Å². The van der Waals surface area contributed by atoms with Gasteiger partial charge in [-0.1, -0.05) is 12.1 Å². The van der Waals surface area contributed by atoms with Crippen LogP contribution in [0.25, 0.3) is 0 Å². The standard InChI is InChI=1S/C12H11NO4/c1-2-13-8-6-4-3-5-7(8)10(14)9(11(13)15)12(16)17/h3-6,9H,2H2,1H3,(H,16,17)/p-1/t9-/m1/s1. The molecule has 1 aliphatic rings. The molecule has 2 rings (SSSR count). The molecular formula is C12H10NO4-. The molecule has 0 unspecified atom stereocenters. The molecule has 0 aromatic heterocycles. The van der Waals surface area contributed by atoms with Crippen LogP contribution in [0.4, 0.5) is 5.69 Å². The van der Waals surface area contributed by atoms with Gasteiger partial charge in [-0.2, -0.15) is 0 Å². The third-order valence-electron chi connectivity index (χ3n) is 2.79. The Balaban J connectivity index is 2.61. The third kappa shape index (κ3) is 1.60. The number of hydrogen-bond donors (Lipinski definition) is 0. The van der Waals surface area contributed by atoms with E-state index in [4.69, 9.17) is 0 Å². The van der Waals surface area contributed by atoms with Crippen molar-refractivity contribution in [2.75, 3.05) is 11.4 Å². The lowest BCUT2D eigenvalue weighted by atomic mass is 9.90. The quantitative estimate of drug-likeness (QED) is 0.650. The van der Waals surface area contributed by atoms with Crippen LogP contribution in [0.15, 0.2) is 24.3 Å². The van der Waals surface area contributed by atoms with Crippen molar-refractivity contribution in [2.24, 2.45) is 5.92 Å². The van der Waals surface area contributed by atoms with Crippen LogP contribution < -0.4 is 10.0 Å². The van der Waals surface area contributed by atoms with Gasteiger partial charge in [0.15, 0.2) is 5.78 Å². The average molecular weight is 232 g/mol. The van der Waals surface area contributed by atoms with Crippen molar-refractivity contribution in [3.63, 3.8) is 0 Å². The predicted octanol–water partition coefficient (Wildman–Crippen LogP) is -0.398. The maximum Gasteiger partial charge on any atom is 0.243 e.